The number of hydrazone groups is 1. The summed E-state index contributed by atoms with van der Waals surface area (Å²) in [5, 5.41) is 18.4. The highest BCUT2D eigenvalue weighted by molar-refractivity contribution is 5.91. The summed E-state index contributed by atoms with van der Waals surface area (Å²) in [6, 6.07) is 26.4. The van der Waals surface area contributed by atoms with Gasteiger partial charge in [0.25, 0.3) is 11.5 Å². The molecule has 0 saturated carbocycles. The number of aryl methyl sites for hydroxylation is 1. The first-order chi connectivity index (χ1) is 15.5. The fourth-order valence-corrected chi connectivity index (χ4v) is 3.49. The van der Waals surface area contributed by atoms with E-state index in [-0.39, 0.29) is 5.56 Å². The summed E-state index contributed by atoms with van der Waals surface area (Å²) in [4.78, 5) is 25.9. The summed E-state index contributed by atoms with van der Waals surface area (Å²) >= 11 is 0. The quantitative estimate of drug-likeness (QED) is 0.327. The number of aromatic nitrogens is 2. The van der Waals surface area contributed by atoms with Crippen LogP contribution < -0.4 is 11.0 Å². The molecule has 1 amide bonds. The Bertz CT molecular complexity index is 1250. The minimum atomic E-state index is -1.95. The standard InChI is InChI=1S/C25H22N4O3/c1-18-22(23(30)29(28-18)21-15-9-4-10-16-21)17-26-27-24(31)25(32,19-11-5-2-6-12-19)20-13-7-3-8-14-20/h2-17,28,32H,1H3,(H,27,31). The number of aromatic amines is 1. The molecule has 0 atom stereocenters. The maximum Gasteiger partial charge on any atom is 0.281 e. The number of nitrogens with zero attached hydrogens (tertiary/aromatic N) is 2. The highest BCUT2D eigenvalue weighted by Crippen LogP contribution is 2.29. The van der Waals surface area contributed by atoms with Gasteiger partial charge in [0.15, 0.2) is 5.60 Å². The lowest BCUT2D eigenvalue weighted by Crippen LogP contribution is -2.43. The van der Waals surface area contributed by atoms with E-state index >= 15 is 0 Å². The summed E-state index contributed by atoms with van der Waals surface area (Å²) in [7, 11) is 0. The molecule has 0 unspecified atom stereocenters. The Morgan fingerprint density at radius 1 is 0.938 bits per heavy atom. The van der Waals surface area contributed by atoms with Crippen LogP contribution in [-0.2, 0) is 10.4 Å². The molecule has 4 rings (SSSR count). The average Bonchev–Trinajstić information content (AvgIpc) is 3.13. The highest BCUT2D eigenvalue weighted by atomic mass is 16.3. The molecular formula is C25H22N4O3. The lowest BCUT2D eigenvalue weighted by Gasteiger charge is -2.27. The van der Waals surface area contributed by atoms with Crippen molar-refractivity contribution in [2.24, 2.45) is 5.10 Å². The first kappa shape index (κ1) is 21.0. The molecule has 160 valence electrons. The normalized spacial score (nSPS) is 11.6. The molecule has 1 aromatic heterocycles. The van der Waals surface area contributed by atoms with Crippen molar-refractivity contribution in [3.05, 3.63) is 124 Å². The molecule has 0 saturated heterocycles. The number of para-hydroxylation sites is 1. The third-order valence-electron chi connectivity index (χ3n) is 5.20. The highest BCUT2D eigenvalue weighted by Gasteiger charge is 2.39. The number of benzene rings is 3. The van der Waals surface area contributed by atoms with Gasteiger partial charge in [-0.25, -0.2) is 10.1 Å². The topological polar surface area (TPSA) is 99.5 Å². The summed E-state index contributed by atoms with van der Waals surface area (Å²) in [6.45, 7) is 1.74. The number of amides is 1. The molecule has 0 radical (unpaired) electrons. The second-order valence-corrected chi connectivity index (χ2v) is 7.27. The number of rotatable bonds is 6. The van der Waals surface area contributed by atoms with Gasteiger partial charge in [0.2, 0.25) is 0 Å². The summed E-state index contributed by atoms with van der Waals surface area (Å²) in [5.74, 6) is -0.734. The second kappa shape index (κ2) is 8.87. The van der Waals surface area contributed by atoms with Crippen LogP contribution in [0.3, 0.4) is 0 Å². The minimum Gasteiger partial charge on any atom is -0.372 e. The van der Waals surface area contributed by atoms with E-state index in [4.69, 9.17) is 0 Å². The molecule has 0 fully saturated rings. The van der Waals surface area contributed by atoms with Gasteiger partial charge in [0.1, 0.15) is 0 Å². The molecule has 7 nitrogen and oxygen atoms in total. The predicted molar refractivity (Wildman–Crippen MR) is 123 cm³/mol. The van der Waals surface area contributed by atoms with Gasteiger partial charge >= 0.3 is 0 Å². The van der Waals surface area contributed by atoms with E-state index < -0.39 is 11.5 Å². The van der Waals surface area contributed by atoms with E-state index in [1.807, 2.05) is 18.2 Å². The number of nitrogens with one attached hydrogen (secondary N) is 2. The zero-order chi connectivity index (χ0) is 22.6. The van der Waals surface area contributed by atoms with Crippen molar-refractivity contribution in [1.82, 2.24) is 15.2 Å². The van der Waals surface area contributed by atoms with E-state index in [2.05, 4.69) is 15.6 Å². The first-order valence-corrected chi connectivity index (χ1v) is 10.1. The van der Waals surface area contributed by atoms with Gasteiger partial charge in [-0.15, -0.1) is 0 Å². The number of hydrogen-bond acceptors (Lipinski definition) is 4. The largest absolute Gasteiger partial charge is 0.372 e. The smallest absolute Gasteiger partial charge is 0.281 e. The monoisotopic (exact) mass is 426 g/mol. The van der Waals surface area contributed by atoms with Crippen molar-refractivity contribution in [3.63, 3.8) is 0 Å². The third-order valence-corrected chi connectivity index (χ3v) is 5.20. The molecule has 0 aliphatic carbocycles. The van der Waals surface area contributed by atoms with E-state index in [0.717, 1.165) is 0 Å². The first-order valence-electron chi connectivity index (χ1n) is 10.1. The fraction of sp³-hybridized carbons (Fsp3) is 0.0800. The van der Waals surface area contributed by atoms with Crippen LogP contribution in [0.2, 0.25) is 0 Å². The molecule has 32 heavy (non-hydrogen) atoms. The van der Waals surface area contributed by atoms with Crippen LogP contribution in [0.1, 0.15) is 22.4 Å². The van der Waals surface area contributed by atoms with Crippen LogP contribution in [0.4, 0.5) is 0 Å². The number of aliphatic hydroxyl groups is 1. The van der Waals surface area contributed by atoms with E-state index in [9.17, 15) is 14.7 Å². The zero-order valence-electron chi connectivity index (χ0n) is 17.4. The van der Waals surface area contributed by atoms with Crippen LogP contribution in [0.25, 0.3) is 5.69 Å². The molecule has 4 aromatic rings. The van der Waals surface area contributed by atoms with E-state index in [0.29, 0.717) is 28.1 Å². The summed E-state index contributed by atoms with van der Waals surface area (Å²) < 4.78 is 1.41. The van der Waals surface area contributed by atoms with Crippen LogP contribution in [0.5, 0.6) is 0 Å². The van der Waals surface area contributed by atoms with Crippen LogP contribution in [0.15, 0.2) is 101 Å². The molecule has 1 heterocycles. The van der Waals surface area contributed by atoms with Crippen molar-refractivity contribution in [2.45, 2.75) is 12.5 Å². The van der Waals surface area contributed by atoms with Crippen LogP contribution >= 0.6 is 0 Å². The van der Waals surface area contributed by atoms with Gasteiger partial charge in [-0.05, 0) is 30.2 Å². The SMILES string of the molecule is Cc1[nH]n(-c2ccccc2)c(=O)c1C=NNC(=O)C(O)(c1ccccc1)c1ccccc1. The van der Waals surface area contributed by atoms with Gasteiger partial charge in [-0.3, -0.25) is 14.7 Å². The Hall–Kier alpha value is -4.23. The lowest BCUT2D eigenvalue weighted by atomic mass is 9.85. The van der Waals surface area contributed by atoms with E-state index in [1.165, 1.54) is 10.9 Å². The van der Waals surface area contributed by atoms with Gasteiger partial charge in [0, 0.05) is 5.69 Å². The Labute approximate surface area is 184 Å². The molecule has 3 aromatic carbocycles. The maximum atomic E-state index is 13.1. The van der Waals surface area contributed by atoms with Gasteiger partial charge in [-0.2, -0.15) is 5.10 Å². The molecular weight excluding hydrogens is 404 g/mol. The third kappa shape index (κ3) is 3.89. The molecule has 0 aliphatic rings. The number of hydrogen-bond donors (Lipinski definition) is 3. The summed E-state index contributed by atoms with van der Waals surface area (Å²) in [5.41, 5.74) is 2.54. The maximum absolute atomic E-state index is 13.1. The Morgan fingerprint density at radius 2 is 1.44 bits per heavy atom. The van der Waals surface area contributed by atoms with Gasteiger partial charge in [-0.1, -0.05) is 78.9 Å². The van der Waals surface area contributed by atoms with Crippen LogP contribution in [0, 0.1) is 6.92 Å². The second-order valence-electron chi connectivity index (χ2n) is 7.27. The van der Waals surface area contributed by atoms with Crippen molar-refractivity contribution >= 4 is 12.1 Å². The number of carbonyl (C=O) groups is 1. The number of H-pyrrole nitrogens is 1. The van der Waals surface area contributed by atoms with Gasteiger partial charge in [0.05, 0.1) is 17.5 Å². The van der Waals surface area contributed by atoms with Gasteiger partial charge < -0.3 is 5.11 Å². The van der Waals surface area contributed by atoms with Crippen molar-refractivity contribution in [1.29, 1.82) is 0 Å². The lowest BCUT2D eigenvalue weighted by molar-refractivity contribution is -0.136. The Balaban J connectivity index is 1.62. The molecule has 7 heteroatoms. The van der Waals surface area contributed by atoms with E-state index in [1.54, 1.807) is 79.7 Å². The van der Waals surface area contributed by atoms with Crippen molar-refractivity contribution < 1.29 is 9.90 Å². The molecule has 3 N–H and O–H groups in total. The zero-order valence-corrected chi connectivity index (χ0v) is 17.4. The predicted octanol–water partition coefficient (Wildman–Crippen LogP) is 2.86. The Kier molecular flexibility index (Phi) is 5.83. The Morgan fingerprint density at radius 3 is 1.97 bits per heavy atom. The van der Waals surface area contributed by atoms with Crippen LogP contribution in [-0.4, -0.2) is 27.0 Å². The van der Waals surface area contributed by atoms with Crippen molar-refractivity contribution in [3.8, 4) is 5.69 Å². The molecule has 0 aliphatic heterocycles. The molecule has 0 bridgehead atoms. The fourth-order valence-electron chi connectivity index (χ4n) is 3.49. The number of carbonyl (C=O) groups excluding carboxylic acids is 1. The average molecular weight is 426 g/mol. The molecule has 0 spiro atoms. The van der Waals surface area contributed by atoms with Crippen molar-refractivity contribution in [2.75, 3.05) is 0 Å². The minimum absolute atomic E-state index is 0.298. The summed E-state index contributed by atoms with van der Waals surface area (Å²) in [6.07, 6.45) is 1.28.